The van der Waals surface area contributed by atoms with Crippen LogP contribution < -0.4 is 4.72 Å². The summed E-state index contributed by atoms with van der Waals surface area (Å²) in [4.78, 5) is 11.5. The maximum atomic E-state index is 13.4. The summed E-state index contributed by atoms with van der Waals surface area (Å²) in [6.45, 7) is 6.39. The Morgan fingerprint density at radius 2 is 1.95 bits per heavy atom. The first kappa shape index (κ1) is 18.1. The molecule has 1 aromatic rings. The van der Waals surface area contributed by atoms with Crippen LogP contribution in [0, 0.1) is 5.82 Å². The lowest BCUT2D eigenvalue weighted by Crippen LogP contribution is -2.42. The van der Waals surface area contributed by atoms with Gasteiger partial charge in [-0.15, -0.1) is 0 Å². The normalized spacial score (nSPS) is 13.8. The molecule has 0 aliphatic carbocycles. The van der Waals surface area contributed by atoms with Gasteiger partial charge in [0.1, 0.15) is 17.5 Å². The van der Waals surface area contributed by atoms with Gasteiger partial charge in [-0.05, 0) is 61.8 Å². The summed E-state index contributed by atoms with van der Waals surface area (Å²) in [5, 5.41) is 0. The minimum atomic E-state index is -4.01. The van der Waals surface area contributed by atoms with Crippen molar-refractivity contribution in [3.8, 4) is 0 Å². The quantitative estimate of drug-likeness (QED) is 0.813. The van der Waals surface area contributed by atoms with Gasteiger partial charge in [0.05, 0.1) is 9.37 Å². The molecule has 0 fully saturated rings. The number of nitrogens with one attached hydrogen (secondary N) is 1. The number of halogens is 2. The molecule has 1 rings (SSSR count). The third-order valence-electron chi connectivity index (χ3n) is 2.29. The maximum Gasteiger partial charge on any atom is 0.324 e. The van der Waals surface area contributed by atoms with E-state index in [9.17, 15) is 17.6 Å². The highest BCUT2D eigenvalue weighted by molar-refractivity contribution is 9.10. The Morgan fingerprint density at radius 1 is 1.38 bits per heavy atom. The van der Waals surface area contributed by atoms with Crippen molar-refractivity contribution in [1.29, 1.82) is 0 Å². The lowest BCUT2D eigenvalue weighted by atomic mass is 10.2. The van der Waals surface area contributed by atoms with Crippen molar-refractivity contribution in [2.75, 3.05) is 0 Å². The molecule has 0 saturated heterocycles. The van der Waals surface area contributed by atoms with Crippen LogP contribution in [0.5, 0.6) is 0 Å². The molecule has 0 amide bonds. The Labute approximate surface area is 132 Å². The van der Waals surface area contributed by atoms with Crippen LogP contribution >= 0.6 is 15.9 Å². The van der Waals surface area contributed by atoms with Gasteiger partial charge >= 0.3 is 5.97 Å². The third kappa shape index (κ3) is 5.37. The fraction of sp³-hybridized carbons (Fsp3) is 0.462. The molecule has 0 unspecified atom stereocenters. The third-order valence-corrected chi connectivity index (χ3v) is 4.48. The monoisotopic (exact) mass is 381 g/mol. The van der Waals surface area contributed by atoms with Gasteiger partial charge in [-0.3, -0.25) is 4.79 Å². The number of esters is 1. The summed E-state index contributed by atoms with van der Waals surface area (Å²) < 4.78 is 44.9. The van der Waals surface area contributed by atoms with Crippen molar-refractivity contribution in [3.05, 3.63) is 28.5 Å². The second-order valence-electron chi connectivity index (χ2n) is 5.45. The topological polar surface area (TPSA) is 72.5 Å². The molecule has 8 heteroatoms. The van der Waals surface area contributed by atoms with Crippen LogP contribution in [0.2, 0.25) is 0 Å². The fourth-order valence-electron chi connectivity index (χ4n) is 1.38. The zero-order valence-electron chi connectivity index (χ0n) is 12.1. The highest BCUT2D eigenvalue weighted by Gasteiger charge is 2.26. The van der Waals surface area contributed by atoms with Crippen LogP contribution in [0.15, 0.2) is 27.6 Å². The van der Waals surface area contributed by atoms with Crippen molar-refractivity contribution < 1.29 is 22.3 Å². The Kier molecular flexibility index (Phi) is 5.51. The number of ether oxygens (including phenoxy) is 1. The molecule has 0 spiro atoms. The minimum absolute atomic E-state index is 0.154. The number of sulfonamides is 1. The molecule has 0 saturated carbocycles. The zero-order valence-corrected chi connectivity index (χ0v) is 14.5. The maximum absolute atomic E-state index is 13.4. The second-order valence-corrected chi connectivity index (χ2v) is 8.02. The van der Waals surface area contributed by atoms with E-state index < -0.39 is 33.5 Å². The van der Waals surface area contributed by atoms with Crippen LogP contribution in [0.3, 0.4) is 0 Å². The van der Waals surface area contributed by atoms with E-state index >= 15 is 0 Å². The molecule has 0 aliphatic rings. The zero-order chi connectivity index (χ0) is 16.4. The highest BCUT2D eigenvalue weighted by Crippen LogP contribution is 2.19. The standard InChI is InChI=1S/C13H17BrFNO4S/c1-8(12(17)20-13(2,3)4)16-21(18,19)9-5-6-10(14)11(15)7-9/h5-8,16H,1-4H3/t8-/m0/s1. The molecule has 0 radical (unpaired) electrons. The Balaban J connectivity index is 2.89. The molecular formula is C13H17BrFNO4S. The van der Waals surface area contributed by atoms with Gasteiger partial charge in [0.25, 0.3) is 0 Å². The number of carbonyl (C=O) groups is 1. The van der Waals surface area contributed by atoms with E-state index in [1.54, 1.807) is 20.8 Å². The minimum Gasteiger partial charge on any atom is -0.459 e. The predicted octanol–water partition coefficient (Wildman–Crippen LogP) is 2.60. The molecule has 0 aromatic heterocycles. The van der Waals surface area contributed by atoms with Gasteiger partial charge < -0.3 is 4.74 Å². The number of carbonyl (C=O) groups excluding carboxylic acids is 1. The van der Waals surface area contributed by atoms with E-state index in [1.165, 1.54) is 19.1 Å². The van der Waals surface area contributed by atoms with Crippen molar-refractivity contribution in [2.24, 2.45) is 0 Å². The summed E-state index contributed by atoms with van der Waals surface area (Å²) in [5.74, 6) is -1.41. The SMILES string of the molecule is C[C@H](NS(=O)(=O)c1ccc(Br)c(F)c1)C(=O)OC(C)(C)C. The summed E-state index contributed by atoms with van der Waals surface area (Å²) in [5.41, 5.74) is -0.722. The molecule has 1 N–H and O–H groups in total. The molecule has 5 nitrogen and oxygen atoms in total. The number of rotatable bonds is 4. The van der Waals surface area contributed by atoms with Gasteiger partial charge in [0.2, 0.25) is 10.0 Å². The van der Waals surface area contributed by atoms with Crippen molar-refractivity contribution in [2.45, 2.75) is 44.2 Å². The first-order chi connectivity index (χ1) is 9.42. The van der Waals surface area contributed by atoms with Crippen LogP contribution in [-0.4, -0.2) is 26.0 Å². The number of benzene rings is 1. The average molecular weight is 382 g/mol. The van der Waals surface area contributed by atoms with E-state index in [-0.39, 0.29) is 9.37 Å². The lowest BCUT2D eigenvalue weighted by Gasteiger charge is -2.22. The number of hydrogen-bond donors (Lipinski definition) is 1. The van der Waals surface area contributed by atoms with E-state index in [4.69, 9.17) is 4.74 Å². The van der Waals surface area contributed by atoms with Gasteiger partial charge in [0, 0.05) is 0 Å². The van der Waals surface area contributed by atoms with Gasteiger partial charge in [-0.2, -0.15) is 4.72 Å². The van der Waals surface area contributed by atoms with Crippen molar-refractivity contribution in [1.82, 2.24) is 4.72 Å². The molecule has 118 valence electrons. The first-order valence-electron chi connectivity index (χ1n) is 6.12. The van der Waals surface area contributed by atoms with Crippen LogP contribution in [0.4, 0.5) is 4.39 Å². The molecular weight excluding hydrogens is 365 g/mol. The predicted molar refractivity (Wildman–Crippen MR) is 79.7 cm³/mol. The van der Waals surface area contributed by atoms with Gasteiger partial charge in [-0.25, -0.2) is 12.8 Å². The van der Waals surface area contributed by atoms with E-state index in [2.05, 4.69) is 20.7 Å². The number of hydrogen-bond acceptors (Lipinski definition) is 4. The molecule has 21 heavy (non-hydrogen) atoms. The Morgan fingerprint density at radius 3 is 2.43 bits per heavy atom. The van der Waals surface area contributed by atoms with E-state index in [0.717, 1.165) is 6.07 Å². The fourth-order valence-corrected chi connectivity index (χ4v) is 2.83. The summed E-state index contributed by atoms with van der Waals surface area (Å²) in [6, 6.07) is 2.30. The van der Waals surface area contributed by atoms with E-state index in [0.29, 0.717) is 0 Å². The van der Waals surface area contributed by atoms with Gasteiger partial charge in [-0.1, -0.05) is 0 Å². The lowest BCUT2D eigenvalue weighted by molar-refractivity contribution is -0.156. The summed E-state index contributed by atoms with van der Waals surface area (Å²) in [7, 11) is -4.01. The smallest absolute Gasteiger partial charge is 0.324 e. The van der Waals surface area contributed by atoms with Crippen LogP contribution in [0.1, 0.15) is 27.7 Å². The largest absolute Gasteiger partial charge is 0.459 e. The van der Waals surface area contributed by atoms with Crippen molar-refractivity contribution in [3.63, 3.8) is 0 Å². The molecule has 0 aliphatic heterocycles. The molecule has 1 aromatic carbocycles. The van der Waals surface area contributed by atoms with E-state index in [1.807, 2.05) is 0 Å². The summed E-state index contributed by atoms with van der Waals surface area (Å²) in [6.07, 6.45) is 0. The average Bonchev–Trinajstić information content (AvgIpc) is 2.29. The molecule has 0 heterocycles. The van der Waals surface area contributed by atoms with Crippen LogP contribution in [0.25, 0.3) is 0 Å². The summed E-state index contributed by atoms with van der Waals surface area (Å²) >= 11 is 2.94. The van der Waals surface area contributed by atoms with Crippen LogP contribution in [-0.2, 0) is 19.6 Å². The second kappa shape index (κ2) is 6.41. The first-order valence-corrected chi connectivity index (χ1v) is 8.40. The molecule has 1 atom stereocenters. The van der Waals surface area contributed by atoms with Gasteiger partial charge in [0.15, 0.2) is 0 Å². The highest BCUT2D eigenvalue weighted by atomic mass is 79.9. The Hall–Kier alpha value is -0.990. The molecule has 0 bridgehead atoms. The Bertz CT molecular complexity index is 640. The van der Waals surface area contributed by atoms with Crippen molar-refractivity contribution >= 4 is 31.9 Å².